The quantitative estimate of drug-likeness (QED) is 0.330. The van der Waals surface area contributed by atoms with Crippen LogP contribution in [0.15, 0.2) is 66.7 Å². The van der Waals surface area contributed by atoms with Gasteiger partial charge in [0.25, 0.3) is 0 Å². The lowest BCUT2D eigenvalue weighted by molar-refractivity contribution is -0.00629. The Bertz CT molecular complexity index is 1220. The summed E-state index contributed by atoms with van der Waals surface area (Å²) in [5, 5.41) is 0. The summed E-state index contributed by atoms with van der Waals surface area (Å²) < 4.78 is 31.7. The first-order valence-corrected chi connectivity index (χ1v) is 12.9. The molecule has 36 heavy (non-hydrogen) atoms. The summed E-state index contributed by atoms with van der Waals surface area (Å²) in [5.74, 6) is 1.09. The number of nitrogens with zero attached hydrogens (tertiary/aromatic N) is 1. The van der Waals surface area contributed by atoms with E-state index in [1.165, 1.54) is 22.3 Å². The first-order chi connectivity index (χ1) is 17.7. The fourth-order valence-electron chi connectivity index (χ4n) is 5.59. The van der Waals surface area contributed by atoms with E-state index in [1.807, 2.05) is 24.3 Å². The number of aryl methyl sites for hydroxylation is 2. The van der Waals surface area contributed by atoms with Crippen molar-refractivity contribution in [2.45, 2.75) is 45.1 Å². The van der Waals surface area contributed by atoms with Gasteiger partial charge in [0.15, 0.2) is 5.75 Å². The first-order valence-electron chi connectivity index (χ1n) is 12.9. The molecule has 0 amide bonds. The van der Waals surface area contributed by atoms with Gasteiger partial charge in [0.2, 0.25) is 0 Å². The predicted molar refractivity (Wildman–Crippen MR) is 141 cm³/mol. The molecule has 5 rings (SSSR count). The second kappa shape index (κ2) is 11.3. The van der Waals surface area contributed by atoms with E-state index in [0.29, 0.717) is 6.42 Å². The van der Waals surface area contributed by atoms with Gasteiger partial charge in [0.1, 0.15) is 11.9 Å². The smallest absolute Gasteiger partial charge is 0.172 e. The largest absolute Gasteiger partial charge is 0.489 e. The van der Waals surface area contributed by atoms with Crippen LogP contribution in [0.1, 0.15) is 53.5 Å². The van der Waals surface area contributed by atoms with Crippen LogP contribution in [0.2, 0.25) is 0 Å². The van der Waals surface area contributed by atoms with Gasteiger partial charge in [-0.15, -0.1) is 0 Å². The van der Waals surface area contributed by atoms with Crippen molar-refractivity contribution >= 4 is 11.1 Å². The van der Waals surface area contributed by atoms with Gasteiger partial charge in [-0.3, -0.25) is 14.2 Å². The third-order valence-corrected chi connectivity index (χ3v) is 7.36. The average molecular weight is 490 g/mol. The summed E-state index contributed by atoms with van der Waals surface area (Å²) in [7, 11) is 0. The molecule has 0 aromatic heterocycles. The second-order valence-corrected chi connectivity index (χ2v) is 9.81. The van der Waals surface area contributed by atoms with Gasteiger partial charge in [-0.1, -0.05) is 42.5 Å². The van der Waals surface area contributed by atoms with Crippen LogP contribution < -0.4 is 9.68 Å². The number of halogens is 2. The van der Waals surface area contributed by atoms with Crippen molar-refractivity contribution in [2.75, 3.05) is 26.3 Å². The highest BCUT2D eigenvalue weighted by molar-refractivity contribution is 6.00. The lowest BCUT2D eigenvalue weighted by Gasteiger charge is -2.19. The molecule has 0 unspecified atom stereocenters. The SMILES string of the molecule is Cc1ccccc1C1=C(c2ccc(O[C@H]3CCN(CCCF)C3)cc2)c2ccc(OF)cc2CCC1. The zero-order valence-corrected chi connectivity index (χ0v) is 20.8. The van der Waals surface area contributed by atoms with E-state index in [2.05, 4.69) is 53.2 Å². The van der Waals surface area contributed by atoms with E-state index in [1.54, 1.807) is 6.07 Å². The van der Waals surface area contributed by atoms with Gasteiger partial charge in [0, 0.05) is 24.2 Å². The normalized spacial score (nSPS) is 18.1. The van der Waals surface area contributed by atoms with E-state index >= 15 is 0 Å². The summed E-state index contributed by atoms with van der Waals surface area (Å²) in [6.07, 6.45) is 4.47. The third kappa shape index (κ3) is 5.31. The van der Waals surface area contributed by atoms with Crippen molar-refractivity contribution in [1.29, 1.82) is 0 Å². The molecule has 188 valence electrons. The molecule has 2 aliphatic rings. The number of rotatable bonds is 8. The molecule has 1 aliphatic heterocycles. The molecular weight excluding hydrogens is 456 g/mol. The number of alkyl halides is 1. The van der Waals surface area contributed by atoms with E-state index in [4.69, 9.17) is 4.74 Å². The number of hydrogen-bond donors (Lipinski definition) is 0. The van der Waals surface area contributed by atoms with Crippen LogP contribution in [0.25, 0.3) is 11.1 Å². The minimum atomic E-state index is -0.269. The van der Waals surface area contributed by atoms with Crippen LogP contribution in [0, 0.1) is 6.92 Å². The maximum atomic E-state index is 13.0. The van der Waals surface area contributed by atoms with E-state index in [-0.39, 0.29) is 18.5 Å². The lowest BCUT2D eigenvalue weighted by atomic mass is 9.86. The van der Waals surface area contributed by atoms with Crippen LogP contribution in [0.4, 0.5) is 8.92 Å². The van der Waals surface area contributed by atoms with E-state index < -0.39 is 0 Å². The maximum Gasteiger partial charge on any atom is 0.172 e. The van der Waals surface area contributed by atoms with Gasteiger partial charge in [-0.2, -0.15) is 0 Å². The fourth-order valence-corrected chi connectivity index (χ4v) is 5.59. The number of hydrogen-bond acceptors (Lipinski definition) is 3. The number of ether oxygens (including phenoxy) is 1. The maximum absolute atomic E-state index is 13.0. The molecule has 1 atom stereocenters. The molecule has 3 aromatic carbocycles. The molecule has 1 saturated heterocycles. The molecule has 0 bridgehead atoms. The van der Waals surface area contributed by atoms with Gasteiger partial charge >= 0.3 is 0 Å². The Kier molecular flexibility index (Phi) is 7.66. The van der Waals surface area contributed by atoms with Crippen LogP contribution >= 0.6 is 0 Å². The summed E-state index contributed by atoms with van der Waals surface area (Å²) in [6.45, 7) is 4.48. The molecular formula is C31H33F2NO2. The number of allylic oxidation sites excluding steroid dienone is 1. The second-order valence-electron chi connectivity index (χ2n) is 9.81. The molecule has 1 fully saturated rings. The van der Waals surface area contributed by atoms with Crippen molar-refractivity contribution in [3.63, 3.8) is 0 Å². The molecule has 3 nitrogen and oxygen atoms in total. The Morgan fingerprint density at radius 3 is 2.53 bits per heavy atom. The molecule has 0 radical (unpaired) electrons. The monoisotopic (exact) mass is 489 g/mol. The molecule has 1 heterocycles. The number of benzene rings is 3. The minimum Gasteiger partial charge on any atom is -0.489 e. The molecule has 5 heteroatoms. The Hall–Kier alpha value is -3.18. The highest BCUT2D eigenvalue weighted by Crippen LogP contribution is 2.42. The highest BCUT2D eigenvalue weighted by atomic mass is 19.3. The molecule has 0 spiro atoms. The summed E-state index contributed by atoms with van der Waals surface area (Å²) >= 11 is 0. The van der Waals surface area contributed by atoms with Crippen molar-refractivity contribution in [1.82, 2.24) is 4.90 Å². The lowest BCUT2D eigenvalue weighted by Crippen LogP contribution is -2.26. The summed E-state index contributed by atoms with van der Waals surface area (Å²) in [5.41, 5.74) is 8.35. The van der Waals surface area contributed by atoms with Crippen molar-refractivity contribution < 1.29 is 18.6 Å². The van der Waals surface area contributed by atoms with E-state index in [0.717, 1.165) is 67.8 Å². The standard InChI is InChI=1S/C31H33F2NO2/c1-22-6-2-3-8-28(22)30-9-4-7-24-20-26(36-33)14-15-29(24)31(30)23-10-12-25(13-11-23)35-27-16-19-34(21-27)18-5-17-32/h2-3,6,8,10-15,20,27H,4-5,7,9,16-19,21H2,1H3/t27-/m0/s1. The Morgan fingerprint density at radius 1 is 0.944 bits per heavy atom. The molecule has 1 aliphatic carbocycles. The highest BCUT2D eigenvalue weighted by Gasteiger charge is 2.24. The van der Waals surface area contributed by atoms with Gasteiger partial charge in [0.05, 0.1) is 6.67 Å². The van der Waals surface area contributed by atoms with E-state index in [9.17, 15) is 8.92 Å². The number of fused-ring (bicyclic) bond motifs is 1. The zero-order valence-electron chi connectivity index (χ0n) is 20.8. The van der Waals surface area contributed by atoms with Crippen LogP contribution in [0.5, 0.6) is 11.5 Å². The average Bonchev–Trinajstić information content (AvgIpc) is 3.26. The summed E-state index contributed by atoms with van der Waals surface area (Å²) in [4.78, 5) is 6.32. The fraction of sp³-hybridized carbons (Fsp3) is 0.355. The van der Waals surface area contributed by atoms with Gasteiger partial charge in [-0.25, -0.2) is 0 Å². The Morgan fingerprint density at radius 2 is 1.75 bits per heavy atom. The third-order valence-electron chi connectivity index (χ3n) is 7.36. The number of likely N-dealkylation sites (tertiary alicyclic amines) is 1. The first kappa shape index (κ1) is 24.5. The van der Waals surface area contributed by atoms with Gasteiger partial charge in [-0.05, 0) is 102 Å². The molecule has 0 saturated carbocycles. The van der Waals surface area contributed by atoms with Crippen molar-refractivity contribution in [2.24, 2.45) is 0 Å². The molecule has 0 N–H and O–H groups in total. The van der Waals surface area contributed by atoms with Crippen LogP contribution in [-0.2, 0) is 6.42 Å². The van der Waals surface area contributed by atoms with Crippen molar-refractivity contribution in [3.05, 3.63) is 94.5 Å². The van der Waals surface area contributed by atoms with Gasteiger partial charge < -0.3 is 4.74 Å². The Labute approximate surface area is 212 Å². The Balaban J connectivity index is 1.48. The topological polar surface area (TPSA) is 21.7 Å². The molecule has 3 aromatic rings. The zero-order chi connectivity index (χ0) is 24.9. The van der Waals surface area contributed by atoms with Crippen LogP contribution in [-0.4, -0.2) is 37.3 Å². The predicted octanol–water partition coefficient (Wildman–Crippen LogP) is 7.37. The summed E-state index contributed by atoms with van der Waals surface area (Å²) in [6, 6.07) is 22.4. The van der Waals surface area contributed by atoms with Crippen molar-refractivity contribution in [3.8, 4) is 11.5 Å². The minimum absolute atomic E-state index is 0.134. The van der Waals surface area contributed by atoms with Crippen LogP contribution in [0.3, 0.4) is 0 Å².